The number of piperazine rings is 1. The smallest absolute Gasteiger partial charge is 0.279 e. The lowest BCUT2D eigenvalue weighted by Crippen LogP contribution is -2.51. The predicted molar refractivity (Wildman–Crippen MR) is 214 cm³/mol. The number of nitriles is 1. The van der Waals surface area contributed by atoms with Crippen LogP contribution in [0.3, 0.4) is 0 Å². The first-order valence-corrected chi connectivity index (χ1v) is 20.7. The number of amides is 1. The molecule has 0 unspecified atom stereocenters. The second-order valence-electron chi connectivity index (χ2n) is 15.1. The lowest BCUT2D eigenvalue weighted by Gasteiger charge is -2.33. The van der Waals surface area contributed by atoms with Gasteiger partial charge in [-0.05, 0) is 88.9 Å². The van der Waals surface area contributed by atoms with Crippen LogP contribution in [-0.4, -0.2) is 119 Å². The fourth-order valence-corrected chi connectivity index (χ4v) is 8.74. The Balaban J connectivity index is 1.07. The molecular weight excluding hydrogens is 736 g/mol. The molecule has 0 radical (unpaired) electrons. The number of hydrogen-bond acceptors (Lipinski definition) is 10. The van der Waals surface area contributed by atoms with Gasteiger partial charge >= 0.3 is 0 Å². The van der Waals surface area contributed by atoms with Gasteiger partial charge in [-0.3, -0.25) is 14.6 Å². The van der Waals surface area contributed by atoms with Crippen molar-refractivity contribution in [3.8, 4) is 17.6 Å². The lowest BCUT2D eigenvalue weighted by atomic mass is 10.0. The molecule has 2 aliphatic heterocycles. The summed E-state index contributed by atoms with van der Waals surface area (Å²) >= 11 is 0. The van der Waals surface area contributed by atoms with Gasteiger partial charge in [0.2, 0.25) is 0 Å². The van der Waals surface area contributed by atoms with E-state index in [1.54, 1.807) is 11.1 Å². The Kier molecular flexibility index (Phi) is 12.9. The monoisotopic (exact) mass is 788 g/mol. The average Bonchev–Trinajstić information content (AvgIpc) is 3.55. The highest BCUT2D eigenvalue weighted by molar-refractivity contribution is 7.87. The van der Waals surface area contributed by atoms with Gasteiger partial charge in [0.15, 0.2) is 11.6 Å². The maximum absolute atomic E-state index is 14.4. The van der Waals surface area contributed by atoms with Gasteiger partial charge in [0.1, 0.15) is 29.7 Å². The summed E-state index contributed by atoms with van der Waals surface area (Å²) in [5, 5.41) is 14.6. The van der Waals surface area contributed by atoms with E-state index in [4.69, 9.17) is 4.74 Å². The van der Waals surface area contributed by atoms with E-state index >= 15 is 0 Å². The third-order valence-electron chi connectivity index (χ3n) is 10.9. The fraction of sp³-hybridized carbons (Fsp3) is 0.500. The molecule has 2 aliphatic rings. The van der Waals surface area contributed by atoms with E-state index in [1.165, 1.54) is 41.4 Å². The SMILES string of the molecule is CNS(=O)(=O)N1CCN(CCn2c(C#N)cc3c(C)c(CN4CCC(Nc5ncncc5Oc5ccc(F)cc5C(=O)N(C(C)C)C(C)C)CC4)ccc32)CC1. The molecule has 56 heavy (non-hydrogen) atoms. The van der Waals surface area contributed by atoms with Crippen molar-refractivity contribution < 1.29 is 22.3 Å². The summed E-state index contributed by atoms with van der Waals surface area (Å²) in [7, 11) is -2.00. The van der Waals surface area contributed by atoms with Crippen LogP contribution in [0.25, 0.3) is 10.9 Å². The van der Waals surface area contributed by atoms with Gasteiger partial charge < -0.3 is 19.5 Å². The van der Waals surface area contributed by atoms with Crippen LogP contribution in [0.15, 0.2) is 48.9 Å². The minimum absolute atomic E-state index is 0.0865. The Bertz CT molecular complexity index is 2160. The Morgan fingerprint density at radius 2 is 1.71 bits per heavy atom. The normalized spacial score (nSPS) is 16.4. The van der Waals surface area contributed by atoms with E-state index in [9.17, 15) is 22.9 Å². The molecular formula is C40H53FN10O4S. The van der Waals surface area contributed by atoms with Gasteiger partial charge in [0.05, 0.1) is 11.8 Å². The largest absolute Gasteiger partial charge is 0.451 e. The van der Waals surface area contributed by atoms with E-state index in [2.05, 4.69) is 59.5 Å². The van der Waals surface area contributed by atoms with Crippen LogP contribution in [0, 0.1) is 24.1 Å². The maximum Gasteiger partial charge on any atom is 0.279 e. The van der Waals surface area contributed by atoms with Crippen LogP contribution in [0.1, 0.15) is 67.7 Å². The molecule has 1 amide bonds. The van der Waals surface area contributed by atoms with E-state index in [0.29, 0.717) is 50.0 Å². The number of likely N-dealkylation sites (tertiary alicyclic amines) is 1. The van der Waals surface area contributed by atoms with E-state index in [1.807, 2.05) is 33.8 Å². The van der Waals surface area contributed by atoms with Crippen molar-refractivity contribution in [2.45, 2.75) is 78.7 Å². The minimum Gasteiger partial charge on any atom is -0.451 e. The molecule has 300 valence electrons. The summed E-state index contributed by atoms with van der Waals surface area (Å²) in [6.45, 7) is 15.9. The van der Waals surface area contributed by atoms with E-state index < -0.39 is 16.0 Å². The van der Waals surface area contributed by atoms with Crippen LogP contribution in [-0.2, 0) is 23.3 Å². The Hall–Kier alpha value is -4.66. The number of carbonyl (C=O) groups excluding carboxylic acids is 1. The van der Waals surface area contributed by atoms with Gasteiger partial charge in [-0.2, -0.15) is 18.0 Å². The molecule has 0 atom stereocenters. The molecule has 2 N–H and O–H groups in total. The number of rotatable bonds is 14. The summed E-state index contributed by atoms with van der Waals surface area (Å²) in [6.07, 6.45) is 4.74. The van der Waals surface area contributed by atoms with Crippen molar-refractivity contribution in [2.24, 2.45) is 0 Å². The summed E-state index contributed by atoms with van der Waals surface area (Å²) < 4.78 is 50.9. The third kappa shape index (κ3) is 9.14. The van der Waals surface area contributed by atoms with E-state index in [0.717, 1.165) is 55.5 Å². The number of piperidine rings is 1. The summed E-state index contributed by atoms with van der Waals surface area (Å²) in [4.78, 5) is 28.6. The van der Waals surface area contributed by atoms with Gasteiger partial charge in [0, 0.05) is 95.0 Å². The van der Waals surface area contributed by atoms with Crippen molar-refractivity contribution in [1.29, 1.82) is 5.26 Å². The van der Waals surface area contributed by atoms with E-state index in [-0.39, 0.29) is 35.3 Å². The highest BCUT2D eigenvalue weighted by Crippen LogP contribution is 2.33. The molecule has 4 heterocycles. The summed E-state index contributed by atoms with van der Waals surface area (Å²) in [5.41, 5.74) is 4.17. The first-order chi connectivity index (χ1) is 26.8. The molecule has 16 heteroatoms. The van der Waals surface area contributed by atoms with Crippen LogP contribution in [0.2, 0.25) is 0 Å². The Morgan fingerprint density at radius 3 is 2.38 bits per heavy atom. The number of benzene rings is 2. The summed E-state index contributed by atoms with van der Waals surface area (Å²) in [5.74, 6) is 0.264. The van der Waals surface area contributed by atoms with Crippen LogP contribution in [0.4, 0.5) is 10.2 Å². The number of hydrogen-bond donors (Lipinski definition) is 2. The number of fused-ring (bicyclic) bond motifs is 1. The Morgan fingerprint density at radius 1 is 1.00 bits per heavy atom. The lowest BCUT2D eigenvalue weighted by molar-refractivity contribution is 0.0640. The van der Waals surface area contributed by atoms with Crippen LogP contribution in [0.5, 0.6) is 11.5 Å². The molecule has 0 aliphatic carbocycles. The number of carbonyl (C=O) groups is 1. The fourth-order valence-electron chi connectivity index (χ4n) is 7.84. The number of aryl methyl sites for hydroxylation is 1. The topological polar surface area (TPSA) is 152 Å². The first kappa shape index (κ1) is 41.0. The molecule has 2 aromatic heterocycles. The maximum atomic E-state index is 14.4. The number of halogens is 1. The number of aromatic nitrogens is 3. The molecule has 0 saturated carbocycles. The molecule has 14 nitrogen and oxygen atoms in total. The molecule has 0 bridgehead atoms. The number of nitrogens with zero attached hydrogens (tertiary/aromatic N) is 8. The molecule has 2 aromatic carbocycles. The van der Waals surface area contributed by atoms with Gasteiger partial charge in [-0.15, -0.1) is 0 Å². The molecule has 2 saturated heterocycles. The van der Waals surface area contributed by atoms with Crippen molar-refractivity contribution in [2.75, 3.05) is 58.2 Å². The second-order valence-corrected chi connectivity index (χ2v) is 17.0. The summed E-state index contributed by atoms with van der Waals surface area (Å²) in [6, 6.07) is 12.6. The number of anilines is 1. The molecule has 2 fully saturated rings. The zero-order valence-electron chi connectivity index (χ0n) is 33.1. The first-order valence-electron chi connectivity index (χ1n) is 19.3. The van der Waals surface area contributed by atoms with Crippen molar-refractivity contribution in [3.05, 3.63) is 77.1 Å². The number of ether oxygens (including phenoxy) is 1. The van der Waals surface area contributed by atoms with Crippen molar-refractivity contribution >= 4 is 32.8 Å². The molecule has 6 rings (SSSR count). The van der Waals surface area contributed by atoms with Crippen molar-refractivity contribution in [1.82, 2.24) is 38.3 Å². The van der Waals surface area contributed by atoms with Crippen LogP contribution < -0.4 is 14.8 Å². The second kappa shape index (κ2) is 17.6. The quantitative estimate of drug-likeness (QED) is 0.180. The van der Waals surface area contributed by atoms with Gasteiger partial charge in [-0.1, -0.05) is 6.07 Å². The standard InChI is InChI=1S/C40H53FN10O4S/c1-27(2)51(28(3)4)40(52)35-21-31(41)8-10-37(35)55-38-24-44-26-45-39(38)46-32-11-13-48(14-12-32)25-30-7-9-36-34(29(30)5)22-33(23-42)50(36)20-17-47-15-18-49(19-16-47)56(53,54)43-6/h7-10,21-22,24,26-28,32,43H,11-20,25H2,1-6H3,(H,44,45,46). The minimum atomic E-state index is -3.43. The highest BCUT2D eigenvalue weighted by Gasteiger charge is 2.28. The van der Waals surface area contributed by atoms with Crippen LogP contribution >= 0.6 is 0 Å². The van der Waals surface area contributed by atoms with Gasteiger partial charge in [0.25, 0.3) is 16.1 Å². The van der Waals surface area contributed by atoms with Gasteiger partial charge in [-0.25, -0.2) is 19.1 Å². The predicted octanol–water partition coefficient (Wildman–Crippen LogP) is 4.96. The third-order valence-corrected chi connectivity index (χ3v) is 12.5. The molecule has 4 aromatic rings. The average molecular weight is 789 g/mol. The highest BCUT2D eigenvalue weighted by atomic mass is 32.2. The zero-order chi connectivity index (χ0) is 40.1. The van der Waals surface area contributed by atoms with Crippen molar-refractivity contribution in [3.63, 3.8) is 0 Å². The molecule has 0 spiro atoms. The zero-order valence-corrected chi connectivity index (χ0v) is 33.9. The Labute approximate surface area is 329 Å². The number of nitrogens with one attached hydrogen (secondary N) is 2.